The van der Waals surface area contributed by atoms with Crippen molar-refractivity contribution in [1.82, 2.24) is 0 Å². The molecule has 0 atom stereocenters. The average molecular weight is 235 g/mol. The van der Waals surface area contributed by atoms with Gasteiger partial charge in [0.15, 0.2) is 0 Å². The highest BCUT2D eigenvalue weighted by Crippen LogP contribution is 2.17. The van der Waals surface area contributed by atoms with E-state index in [2.05, 4.69) is 0 Å². The van der Waals surface area contributed by atoms with Crippen molar-refractivity contribution in [2.45, 2.75) is 13.8 Å². The summed E-state index contributed by atoms with van der Waals surface area (Å²) in [5.41, 5.74) is 7.70. The van der Waals surface area contributed by atoms with Crippen molar-refractivity contribution >= 4 is 11.8 Å². The molecule has 2 rings (SSSR count). The second kappa shape index (κ2) is 6.00. The number of fused-ring (bicyclic) bond motifs is 1. The van der Waals surface area contributed by atoms with Gasteiger partial charge in [0.2, 0.25) is 0 Å². The van der Waals surface area contributed by atoms with Gasteiger partial charge in [0.1, 0.15) is 11.1 Å². The first kappa shape index (κ1) is 13.2. The van der Waals surface area contributed by atoms with E-state index < -0.39 is 11.8 Å². The van der Waals surface area contributed by atoms with E-state index in [1.165, 1.54) is 0 Å². The molecule has 1 heterocycles. The smallest absolute Gasteiger partial charge is 0.382 e. The van der Waals surface area contributed by atoms with Crippen LogP contribution in [0.3, 0.4) is 0 Å². The van der Waals surface area contributed by atoms with Crippen molar-refractivity contribution in [3.8, 4) is 0 Å². The summed E-state index contributed by atoms with van der Waals surface area (Å²) in [6, 6.07) is 6.43. The van der Waals surface area contributed by atoms with E-state index >= 15 is 0 Å². The van der Waals surface area contributed by atoms with Crippen molar-refractivity contribution in [2.75, 3.05) is 13.2 Å². The number of ether oxygens (including phenoxy) is 1. The molecule has 0 spiro atoms. The van der Waals surface area contributed by atoms with Crippen LogP contribution in [-0.2, 0) is 4.74 Å². The fourth-order valence-corrected chi connectivity index (χ4v) is 1.39. The largest absolute Gasteiger partial charge is 0.453 e. The van der Waals surface area contributed by atoms with Crippen LogP contribution in [0.2, 0.25) is 0 Å². The maximum atomic E-state index is 11.1. The first-order valence-corrected chi connectivity index (χ1v) is 5.40. The molecule has 2 amide bonds. The van der Waals surface area contributed by atoms with Crippen LogP contribution in [0, 0.1) is 5.53 Å². The molecule has 1 aliphatic rings. The molecule has 0 saturated heterocycles. The molecule has 0 unspecified atom stereocenters. The number of nitrogens with one attached hydrogen (secondary N) is 1. The van der Waals surface area contributed by atoms with Crippen molar-refractivity contribution in [2.24, 2.45) is 0 Å². The Morgan fingerprint density at radius 2 is 1.47 bits per heavy atom. The predicted octanol–water partition coefficient (Wildman–Crippen LogP) is 2.07. The Hall–Kier alpha value is -1.88. The van der Waals surface area contributed by atoms with Crippen LogP contribution in [0.1, 0.15) is 34.6 Å². The third-order valence-corrected chi connectivity index (χ3v) is 2.20. The second-order valence-corrected chi connectivity index (χ2v) is 3.27. The second-order valence-electron chi connectivity index (χ2n) is 3.27. The SMILES string of the molecule is CCOCC.N=[N+]1C(=O)c2ccccc2C1=O. The normalized spacial score (nSPS) is 13.2. The van der Waals surface area contributed by atoms with E-state index in [4.69, 9.17) is 10.3 Å². The maximum absolute atomic E-state index is 11.1. The number of carbonyl (C=O) groups excluding carboxylic acids is 2. The van der Waals surface area contributed by atoms with Crippen molar-refractivity contribution < 1.29 is 19.0 Å². The molecule has 0 aromatic heterocycles. The van der Waals surface area contributed by atoms with Crippen molar-refractivity contribution in [3.05, 3.63) is 35.4 Å². The molecule has 17 heavy (non-hydrogen) atoms. The molecule has 1 aromatic carbocycles. The number of benzene rings is 1. The molecule has 0 aliphatic carbocycles. The summed E-state index contributed by atoms with van der Waals surface area (Å²) in [6.07, 6.45) is 0. The number of nitrogens with zero attached hydrogens (tertiary/aromatic N) is 1. The van der Waals surface area contributed by atoms with Gasteiger partial charge in [0, 0.05) is 17.9 Å². The van der Waals surface area contributed by atoms with Crippen molar-refractivity contribution in [3.63, 3.8) is 0 Å². The Morgan fingerprint density at radius 1 is 1.06 bits per heavy atom. The zero-order chi connectivity index (χ0) is 12.8. The molecular formula is C12H15N2O3+. The fraction of sp³-hybridized carbons (Fsp3) is 0.333. The van der Waals surface area contributed by atoms with Gasteiger partial charge in [-0.05, 0) is 31.5 Å². The summed E-state index contributed by atoms with van der Waals surface area (Å²) in [7, 11) is 0. The van der Waals surface area contributed by atoms with Crippen molar-refractivity contribution in [1.29, 1.82) is 5.53 Å². The lowest BCUT2D eigenvalue weighted by Gasteiger charge is -1.86. The average Bonchev–Trinajstić information content (AvgIpc) is 2.57. The molecule has 90 valence electrons. The van der Waals surface area contributed by atoms with Crippen LogP contribution in [-0.4, -0.2) is 29.7 Å². The summed E-state index contributed by atoms with van der Waals surface area (Å²) in [6.45, 7) is 5.67. The molecule has 5 heteroatoms. The fourth-order valence-electron chi connectivity index (χ4n) is 1.39. The maximum Gasteiger partial charge on any atom is 0.453 e. The topological polar surface area (TPSA) is 70.2 Å². The highest BCUT2D eigenvalue weighted by Gasteiger charge is 2.42. The summed E-state index contributed by atoms with van der Waals surface area (Å²) >= 11 is 0. The van der Waals surface area contributed by atoms with E-state index in [0.29, 0.717) is 15.8 Å². The van der Waals surface area contributed by atoms with E-state index in [1.807, 2.05) is 13.8 Å². The number of imide groups is 1. The molecule has 1 N–H and O–H groups in total. The molecule has 1 aromatic rings. The summed E-state index contributed by atoms with van der Waals surface area (Å²) < 4.78 is 5.21. The van der Waals surface area contributed by atoms with Crippen LogP contribution in [0.4, 0.5) is 0 Å². The Bertz CT molecular complexity index is 416. The van der Waals surface area contributed by atoms with Gasteiger partial charge in [-0.15, -0.1) is 0 Å². The van der Waals surface area contributed by atoms with Gasteiger partial charge in [0.25, 0.3) is 0 Å². The lowest BCUT2D eigenvalue weighted by atomic mass is 10.1. The first-order chi connectivity index (χ1) is 8.13. The predicted molar refractivity (Wildman–Crippen MR) is 60.3 cm³/mol. The Kier molecular flexibility index (Phi) is 4.66. The lowest BCUT2D eigenvalue weighted by Crippen LogP contribution is -2.13. The number of amides is 2. The van der Waals surface area contributed by atoms with E-state index in [9.17, 15) is 9.59 Å². The van der Waals surface area contributed by atoms with Gasteiger partial charge in [0.05, 0.1) is 0 Å². The van der Waals surface area contributed by atoms with Crippen LogP contribution in [0.25, 0.3) is 0 Å². The molecule has 0 saturated carbocycles. The third-order valence-electron chi connectivity index (χ3n) is 2.20. The highest BCUT2D eigenvalue weighted by molar-refractivity contribution is 6.11. The molecular weight excluding hydrogens is 220 g/mol. The Morgan fingerprint density at radius 3 is 1.76 bits per heavy atom. The zero-order valence-electron chi connectivity index (χ0n) is 9.90. The van der Waals surface area contributed by atoms with Crippen LogP contribution in [0.15, 0.2) is 24.3 Å². The van der Waals surface area contributed by atoms with Crippen LogP contribution >= 0.6 is 0 Å². The van der Waals surface area contributed by atoms with E-state index in [1.54, 1.807) is 24.3 Å². The van der Waals surface area contributed by atoms with Gasteiger partial charge < -0.3 is 4.74 Å². The number of carbonyl (C=O) groups is 2. The zero-order valence-corrected chi connectivity index (χ0v) is 9.90. The van der Waals surface area contributed by atoms with Crippen LogP contribution < -0.4 is 0 Å². The van der Waals surface area contributed by atoms with Crippen LogP contribution in [0.5, 0.6) is 0 Å². The third kappa shape index (κ3) is 2.82. The minimum absolute atomic E-state index is 0.317. The quantitative estimate of drug-likeness (QED) is 0.630. The minimum Gasteiger partial charge on any atom is -0.382 e. The minimum atomic E-state index is -0.546. The van der Waals surface area contributed by atoms with Gasteiger partial charge in [-0.1, -0.05) is 12.1 Å². The molecule has 5 nitrogen and oxygen atoms in total. The Balaban J connectivity index is 0.000000249. The van der Waals surface area contributed by atoms with E-state index in [0.717, 1.165) is 13.2 Å². The summed E-state index contributed by atoms with van der Waals surface area (Å²) in [5.74, 6) is -1.09. The standard InChI is InChI=1S/C8H5N2O2.C4H10O/c9-10-7(11)5-3-1-2-4-6(5)8(10)12;1-3-5-4-2/h1-4,9H;3-4H2,1-2H3/q+1;. The van der Waals surface area contributed by atoms with E-state index in [-0.39, 0.29) is 0 Å². The highest BCUT2D eigenvalue weighted by atomic mass is 16.5. The molecule has 1 aliphatic heterocycles. The first-order valence-electron chi connectivity index (χ1n) is 5.40. The van der Waals surface area contributed by atoms with Gasteiger partial charge in [-0.2, -0.15) is 0 Å². The molecule has 0 bridgehead atoms. The van der Waals surface area contributed by atoms with Gasteiger partial charge in [-0.3, -0.25) is 0 Å². The number of hydrogen-bond donors (Lipinski definition) is 1. The molecule has 0 fully saturated rings. The number of hydrogen-bond acceptors (Lipinski definition) is 4. The summed E-state index contributed by atoms with van der Waals surface area (Å²) in [5, 5.41) is 0. The monoisotopic (exact) mass is 235 g/mol. The van der Waals surface area contributed by atoms with Gasteiger partial charge >= 0.3 is 11.8 Å². The van der Waals surface area contributed by atoms with Gasteiger partial charge in [-0.25, -0.2) is 9.59 Å². The lowest BCUT2D eigenvalue weighted by molar-refractivity contribution is -0.420. The molecule has 0 radical (unpaired) electrons. The summed E-state index contributed by atoms with van der Waals surface area (Å²) in [4.78, 5) is 22.2. The number of rotatable bonds is 2. The Labute approximate surface area is 99.5 Å².